The molecule has 10 heteroatoms. The number of hydrogen-bond acceptors (Lipinski definition) is 8. The SMILES string of the molecule is C=CCCCCCCCCCCCCCCCC(=O)O[C@H](COC(=O)CCCCCCCCC/C=C/C/C=C/CCCCC)COP(=O)(O)OCCN. The number of hydrogen-bond donors (Lipinski definition) is 2. The molecule has 0 aliphatic heterocycles. The minimum absolute atomic E-state index is 0.0517. The van der Waals surface area contributed by atoms with Gasteiger partial charge in [0.2, 0.25) is 0 Å². The van der Waals surface area contributed by atoms with E-state index in [2.05, 4.69) is 37.8 Å². The average molecular weight is 770 g/mol. The Morgan fingerprint density at radius 3 is 1.57 bits per heavy atom. The van der Waals surface area contributed by atoms with Crippen molar-refractivity contribution in [2.45, 2.75) is 199 Å². The van der Waals surface area contributed by atoms with Crippen molar-refractivity contribution in [3.63, 3.8) is 0 Å². The molecule has 53 heavy (non-hydrogen) atoms. The molecule has 0 radical (unpaired) electrons. The van der Waals surface area contributed by atoms with Crippen molar-refractivity contribution < 1.29 is 37.6 Å². The van der Waals surface area contributed by atoms with Crippen LogP contribution in [0, 0.1) is 0 Å². The first-order valence-electron chi connectivity index (χ1n) is 21.4. The van der Waals surface area contributed by atoms with Crippen LogP contribution in [-0.2, 0) is 32.7 Å². The number of allylic oxidation sites excluding steroid dienone is 5. The zero-order valence-electron chi connectivity index (χ0n) is 33.8. The van der Waals surface area contributed by atoms with Crippen molar-refractivity contribution >= 4 is 19.8 Å². The molecule has 0 aromatic rings. The highest BCUT2D eigenvalue weighted by Gasteiger charge is 2.26. The first-order chi connectivity index (χ1) is 25.8. The molecule has 0 aromatic heterocycles. The summed E-state index contributed by atoms with van der Waals surface area (Å²) < 4.78 is 32.8. The zero-order valence-corrected chi connectivity index (χ0v) is 34.7. The van der Waals surface area contributed by atoms with E-state index in [1.165, 1.54) is 103 Å². The third-order valence-electron chi connectivity index (χ3n) is 9.14. The maximum atomic E-state index is 12.6. The highest BCUT2D eigenvalue weighted by Crippen LogP contribution is 2.43. The van der Waals surface area contributed by atoms with E-state index in [1.807, 2.05) is 6.08 Å². The summed E-state index contributed by atoms with van der Waals surface area (Å²) in [5.74, 6) is -0.837. The van der Waals surface area contributed by atoms with E-state index in [1.54, 1.807) is 0 Å². The number of esters is 2. The maximum Gasteiger partial charge on any atom is 0.472 e. The molecule has 0 saturated carbocycles. The lowest BCUT2D eigenvalue weighted by Gasteiger charge is -2.19. The van der Waals surface area contributed by atoms with E-state index in [-0.39, 0.29) is 38.6 Å². The quantitative estimate of drug-likeness (QED) is 0.0270. The third-order valence-corrected chi connectivity index (χ3v) is 10.1. The van der Waals surface area contributed by atoms with Gasteiger partial charge in [0.15, 0.2) is 6.10 Å². The Kier molecular flexibility index (Phi) is 38.6. The van der Waals surface area contributed by atoms with Crippen LogP contribution in [0.25, 0.3) is 0 Å². The van der Waals surface area contributed by atoms with Gasteiger partial charge in [-0.15, -0.1) is 6.58 Å². The van der Waals surface area contributed by atoms with Crippen LogP contribution in [-0.4, -0.2) is 49.3 Å². The second-order valence-electron chi connectivity index (χ2n) is 14.3. The summed E-state index contributed by atoms with van der Waals surface area (Å²) in [7, 11) is -4.38. The standard InChI is InChI=1S/C43H80NO8P/c1-3-5-7-9-11-13-15-17-19-20-22-23-25-27-29-31-33-35-42(45)49-39-41(40-51-53(47,48)50-38-37-44)52-43(46)36-34-32-30-28-26-24-21-18-16-14-12-10-8-6-4-2/h4,11,13,17,19,41H,2-3,5-10,12,14-16,18,20-40,44H2,1H3,(H,47,48)/b13-11+,19-17+/t41-/m1/s1. The number of rotatable bonds is 41. The van der Waals surface area contributed by atoms with Crippen molar-refractivity contribution in [2.24, 2.45) is 5.73 Å². The highest BCUT2D eigenvalue weighted by atomic mass is 31.2. The summed E-state index contributed by atoms with van der Waals surface area (Å²) in [6.07, 6.45) is 42.0. The molecule has 310 valence electrons. The Morgan fingerprint density at radius 2 is 1.08 bits per heavy atom. The molecule has 0 aliphatic carbocycles. The summed E-state index contributed by atoms with van der Waals surface area (Å²) in [6, 6.07) is 0. The first-order valence-corrected chi connectivity index (χ1v) is 22.9. The minimum Gasteiger partial charge on any atom is -0.462 e. The van der Waals surface area contributed by atoms with E-state index >= 15 is 0 Å². The van der Waals surface area contributed by atoms with Gasteiger partial charge in [0.05, 0.1) is 13.2 Å². The zero-order chi connectivity index (χ0) is 38.9. The summed E-state index contributed by atoms with van der Waals surface area (Å²) in [6.45, 7) is 5.22. The van der Waals surface area contributed by atoms with Crippen LogP contribution in [0.3, 0.4) is 0 Å². The molecule has 1 unspecified atom stereocenters. The van der Waals surface area contributed by atoms with E-state index in [4.69, 9.17) is 24.3 Å². The van der Waals surface area contributed by atoms with Gasteiger partial charge in [-0.05, 0) is 57.8 Å². The summed E-state index contributed by atoms with van der Waals surface area (Å²) in [5, 5.41) is 0. The second-order valence-corrected chi connectivity index (χ2v) is 15.7. The largest absolute Gasteiger partial charge is 0.472 e. The van der Waals surface area contributed by atoms with Gasteiger partial charge in [-0.2, -0.15) is 0 Å². The van der Waals surface area contributed by atoms with Gasteiger partial charge in [0.25, 0.3) is 0 Å². The molecule has 0 spiro atoms. The van der Waals surface area contributed by atoms with Gasteiger partial charge in [0, 0.05) is 19.4 Å². The third kappa shape index (κ3) is 39.7. The average Bonchev–Trinajstić information content (AvgIpc) is 3.14. The predicted octanol–water partition coefficient (Wildman–Crippen LogP) is 12.2. The normalized spacial score (nSPS) is 13.4. The van der Waals surface area contributed by atoms with Gasteiger partial charge in [-0.3, -0.25) is 18.6 Å². The molecule has 0 fully saturated rings. The van der Waals surface area contributed by atoms with Gasteiger partial charge in [-0.25, -0.2) is 4.57 Å². The van der Waals surface area contributed by atoms with Crippen molar-refractivity contribution in [3.8, 4) is 0 Å². The van der Waals surface area contributed by atoms with E-state index in [9.17, 15) is 19.0 Å². The smallest absolute Gasteiger partial charge is 0.462 e. The molecule has 0 bridgehead atoms. The number of carbonyl (C=O) groups is 2. The number of ether oxygens (including phenoxy) is 2. The topological polar surface area (TPSA) is 134 Å². The van der Waals surface area contributed by atoms with Crippen LogP contribution in [0.2, 0.25) is 0 Å². The lowest BCUT2D eigenvalue weighted by atomic mass is 10.0. The summed E-state index contributed by atoms with van der Waals surface area (Å²) in [4.78, 5) is 34.8. The number of phosphoric acid groups is 1. The van der Waals surface area contributed by atoms with Crippen LogP contribution in [0.4, 0.5) is 0 Å². The molecule has 0 aliphatic rings. The molecule has 2 atom stereocenters. The molecular formula is C43H80NO8P. The van der Waals surface area contributed by atoms with E-state index < -0.39 is 26.5 Å². The van der Waals surface area contributed by atoms with Crippen molar-refractivity contribution in [2.75, 3.05) is 26.4 Å². The van der Waals surface area contributed by atoms with Crippen LogP contribution in [0.5, 0.6) is 0 Å². The van der Waals surface area contributed by atoms with Gasteiger partial charge >= 0.3 is 19.8 Å². The Balaban J connectivity index is 4.14. The predicted molar refractivity (Wildman–Crippen MR) is 220 cm³/mol. The summed E-state index contributed by atoms with van der Waals surface area (Å²) in [5.41, 5.74) is 5.34. The van der Waals surface area contributed by atoms with E-state index in [0.717, 1.165) is 64.2 Å². The molecule has 3 N–H and O–H groups in total. The van der Waals surface area contributed by atoms with E-state index in [0.29, 0.717) is 6.42 Å². The number of nitrogens with two attached hydrogens (primary N) is 1. The van der Waals surface area contributed by atoms with Crippen molar-refractivity contribution in [1.82, 2.24) is 0 Å². The fourth-order valence-corrected chi connectivity index (χ4v) is 6.70. The molecule has 0 rings (SSSR count). The molecule has 0 heterocycles. The van der Waals surface area contributed by atoms with Crippen LogP contribution < -0.4 is 5.73 Å². The van der Waals surface area contributed by atoms with Crippen LogP contribution >= 0.6 is 7.82 Å². The molecule has 0 amide bonds. The number of unbranched alkanes of at least 4 members (excludes halogenated alkanes) is 23. The number of phosphoric ester groups is 1. The first kappa shape index (κ1) is 51.2. The Morgan fingerprint density at radius 1 is 0.623 bits per heavy atom. The summed E-state index contributed by atoms with van der Waals surface area (Å²) >= 11 is 0. The monoisotopic (exact) mass is 770 g/mol. The molecular weight excluding hydrogens is 689 g/mol. The Hall–Kier alpha value is -1.77. The lowest BCUT2D eigenvalue weighted by Crippen LogP contribution is -2.29. The maximum absolute atomic E-state index is 12.6. The molecule has 9 nitrogen and oxygen atoms in total. The Labute approximate surface area is 324 Å². The lowest BCUT2D eigenvalue weighted by molar-refractivity contribution is -0.161. The van der Waals surface area contributed by atoms with Crippen molar-refractivity contribution in [1.29, 1.82) is 0 Å². The van der Waals surface area contributed by atoms with Crippen molar-refractivity contribution in [3.05, 3.63) is 37.0 Å². The minimum atomic E-state index is -4.38. The fraction of sp³-hybridized carbons (Fsp3) is 0.814. The van der Waals surface area contributed by atoms with Gasteiger partial charge in [0.1, 0.15) is 6.61 Å². The molecule has 0 saturated heterocycles. The van der Waals surface area contributed by atoms with Crippen LogP contribution in [0.15, 0.2) is 37.0 Å². The fourth-order valence-electron chi connectivity index (χ4n) is 5.94. The van der Waals surface area contributed by atoms with Gasteiger partial charge < -0.3 is 20.1 Å². The Bertz CT molecular complexity index is 957. The highest BCUT2D eigenvalue weighted by molar-refractivity contribution is 7.47. The van der Waals surface area contributed by atoms with Crippen LogP contribution in [0.1, 0.15) is 193 Å². The second kappa shape index (κ2) is 39.9. The number of carbonyl (C=O) groups excluding carboxylic acids is 2. The molecule has 0 aromatic carbocycles. The van der Waals surface area contributed by atoms with Gasteiger partial charge in [-0.1, -0.05) is 153 Å².